The highest BCUT2D eigenvalue weighted by molar-refractivity contribution is 5.68. The SMILES string of the molecule is CC(C)Oc1ccc([C@@H](CC(=O)O)n2cnnn2)cc1. The molecule has 7 nitrogen and oxygen atoms in total. The zero-order valence-electron chi connectivity index (χ0n) is 11.3. The molecule has 0 aliphatic carbocycles. The minimum absolute atomic E-state index is 0.0879. The standard InChI is InChI=1S/C13H16N4O3/c1-9(2)20-11-5-3-10(4-6-11)12(7-13(18)19)17-8-14-15-16-17/h3-6,8-9,12H,7H2,1-2H3,(H,18,19)/t12-/m1/s1. The highest BCUT2D eigenvalue weighted by Gasteiger charge is 2.18. The van der Waals surface area contributed by atoms with Crippen molar-refractivity contribution < 1.29 is 14.6 Å². The Balaban J connectivity index is 2.23. The molecule has 0 saturated carbocycles. The van der Waals surface area contributed by atoms with Crippen molar-refractivity contribution in [3.05, 3.63) is 36.2 Å². The van der Waals surface area contributed by atoms with Crippen LogP contribution in [-0.4, -0.2) is 37.4 Å². The van der Waals surface area contributed by atoms with Crippen molar-refractivity contribution in [1.29, 1.82) is 0 Å². The first-order valence-electron chi connectivity index (χ1n) is 6.27. The number of hydrogen-bond acceptors (Lipinski definition) is 5. The summed E-state index contributed by atoms with van der Waals surface area (Å²) < 4.78 is 6.99. The van der Waals surface area contributed by atoms with Crippen LogP contribution < -0.4 is 4.74 Å². The van der Waals surface area contributed by atoms with Gasteiger partial charge in [-0.15, -0.1) is 5.10 Å². The molecule has 1 atom stereocenters. The molecule has 7 heteroatoms. The molecule has 0 bridgehead atoms. The number of carbonyl (C=O) groups is 1. The second-order valence-electron chi connectivity index (χ2n) is 4.64. The normalized spacial score (nSPS) is 12.3. The van der Waals surface area contributed by atoms with E-state index in [-0.39, 0.29) is 12.5 Å². The van der Waals surface area contributed by atoms with E-state index >= 15 is 0 Å². The molecule has 1 aromatic carbocycles. The summed E-state index contributed by atoms with van der Waals surface area (Å²) in [7, 11) is 0. The first kappa shape index (κ1) is 14.0. The van der Waals surface area contributed by atoms with Gasteiger partial charge in [-0.25, -0.2) is 4.68 Å². The third kappa shape index (κ3) is 3.53. The van der Waals surface area contributed by atoms with E-state index in [0.29, 0.717) is 0 Å². The van der Waals surface area contributed by atoms with Crippen LogP contribution in [0.5, 0.6) is 5.75 Å². The minimum Gasteiger partial charge on any atom is -0.491 e. The molecule has 0 amide bonds. The van der Waals surface area contributed by atoms with Crippen molar-refractivity contribution in [2.75, 3.05) is 0 Å². The van der Waals surface area contributed by atoms with Crippen LogP contribution in [0.15, 0.2) is 30.6 Å². The Labute approximate surface area is 116 Å². The Morgan fingerprint density at radius 2 is 2.05 bits per heavy atom. The molecule has 1 heterocycles. The first-order valence-corrected chi connectivity index (χ1v) is 6.27. The average molecular weight is 276 g/mol. The summed E-state index contributed by atoms with van der Waals surface area (Å²) in [5, 5.41) is 19.9. The summed E-state index contributed by atoms with van der Waals surface area (Å²) in [5.41, 5.74) is 0.816. The average Bonchev–Trinajstić information content (AvgIpc) is 2.90. The lowest BCUT2D eigenvalue weighted by Crippen LogP contribution is -2.16. The zero-order chi connectivity index (χ0) is 14.5. The molecule has 0 aliphatic heterocycles. The van der Waals surface area contributed by atoms with Crippen LogP contribution in [0.4, 0.5) is 0 Å². The van der Waals surface area contributed by atoms with E-state index in [1.165, 1.54) is 11.0 Å². The number of ether oxygens (including phenoxy) is 1. The molecule has 1 N–H and O–H groups in total. The number of carboxylic acids is 1. The summed E-state index contributed by atoms with van der Waals surface area (Å²) in [6, 6.07) is 6.85. The van der Waals surface area contributed by atoms with Gasteiger partial charge in [-0.05, 0) is 42.0 Å². The van der Waals surface area contributed by atoms with E-state index in [4.69, 9.17) is 9.84 Å². The topological polar surface area (TPSA) is 90.1 Å². The minimum atomic E-state index is -0.909. The Morgan fingerprint density at radius 3 is 2.55 bits per heavy atom. The van der Waals surface area contributed by atoms with Gasteiger partial charge < -0.3 is 9.84 Å². The molecular weight excluding hydrogens is 260 g/mol. The van der Waals surface area contributed by atoms with Gasteiger partial charge in [0, 0.05) is 0 Å². The summed E-state index contributed by atoms with van der Waals surface area (Å²) in [6.45, 7) is 3.89. The van der Waals surface area contributed by atoms with E-state index in [0.717, 1.165) is 11.3 Å². The molecule has 0 aliphatic rings. The van der Waals surface area contributed by atoms with Crippen molar-refractivity contribution in [3.63, 3.8) is 0 Å². The van der Waals surface area contributed by atoms with Crippen LogP contribution in [0.2, 0.25) is 0 Å². The third-order valence-corrected chi connectivity index (χ3v) is 2.69. The van der Waals surface area contributed by atoms with Crippen LogP contribution in [0, 0.1) is 0 Å². The fourth-order valence-electron chi connectivity index (χ4n) is 1.88. The smallest absolute Gasteiger partial charge is 0.305 e. The Hall–Kier alpha value is -2.44. The van der Waals surface area contributed by atoms with Crippen molar-refractivity contribution in [3.8, 4) is 5.75 Å². The van der Waals surface area contributed by atoms with E-state index in [1.54, 1.807) is 0 Å². The summed E-state index contributed by atoms with van der Waals surface area (Å²) in [6.07, 6.45) is 1.41. The maximum Gasteiger partial charge on any atom is 0.305 e. The molecule has 2 rings (SSSR count). The fraction of sp³-hybridized carbons (Fsp3) is 0.385. The van der Waals surface area contributed by atoms with Gasteiger partial charge >= 0.3 is 5.97 Å². The maximum absolute atomic E-state index is 11.0. The zero-order valence-corrected chi connectivity index (χ0v) is 11.3. The number of aliphatic carboxylic acids is 1. The quantitative estimate of drug-likeness (QED) is 0.860. The second-order valence-corrected chi connectivity index (χ2v) is 4.64. The second kappa shape index (κ2) is 6.14. The number of rotatable bonds is 6. The summed E-state index contributed by atoms with van der Waals surface area (Å²) in [4.78, 5) is 11.0. The van der Waals surface area contributed by atoms with Crippen molar-refractivity contribution in [2.45, 2.75) is 32.4 Å². The van der Waals surface area contributed by atoms with E-state index < -0.39 is 12.0 Å². The largest absolute Gasteiger partial charge is 0.491 e. The molecule has 106 valence electrons. The lowest BCUT2D eigenvalue weighted by Gasteiger charge is -2.16. The Bertz CT molecular complexity index is 552. The highest BCUT2D eigenvalue weighted by Crippen LogP contribution is 2.23. The molecule has 2 aromatic rings. The Kier molecular flexibility index (Phi) is 4.29. The van der Waals surface area contributed by atoms with Crippen LogP contribution >= 0.6 is 0 Å². The molecule has 0 fully saturated rings. The number of aromatic nitrogens is 4. The molecule has 0 spiro atoms. The van der Waals surface area contributed by atoms with Crippen molar-refractivity contribution >= 4 is 5.97 Å². The van der Waals surface area contributed by atoms with Gasteiger partial charge in [0.15, 0.2) is 0 Å². The van der Waals surface area contributed by atoms with Crippen LogP contribution in [0.1, 0.15) is 31.9 Å². The van der Waals surface area contributed by atoms with Gasteiger partial charge in [-0.1, -0.05) is 12.1 Å². The lowest BCUT2D eigenvalue weighted by molar-refractivity contribution is -0.137. The van der Waals surface area contributed by atoms with Crippen LogP contribution in [-0.2, 0) is 4.79 Å². The van der Waals surface area contributed by atoms with Gasteiger partial charge in [-0.2, -0.15) is 0 Å². The van der Waals surface area contributed by atoms with Gasteiger partial charge in [0.25, 0.3) is 0 Å². The Morgan fingerprint density at radius 1 is 1.35 bits per heavy atom. The monoisotopic (exact) mass is 276 g/mol. The van der Waals surface area contributed by atoms with E-state index in [2.05, 4.69) is 15.5 Å². The summed E-state index contributed by atoms with van der Waals surface area (Å²) >= 11 is 0. The van der Waals surface area contributed by atoms with Gasteiger partial charge in [-0.3, -0.25) is 4.79 Å². The lowest BCUT2D eigenvalue weighted by atomic mass is 10.0. The van der Waals surface area contributed by atoms with Gasteiger partial charge in [0.05, 0.1) is 18.6 Å². The molecule has 20 heavy (non-hydrogen) atoms. The van der Waals surface area contributed by atoms with Gasteiger partial charge in [0.1, 0.15) is 12.1 Å². The van der Waals surface area contributed by atoms with E-state index in [1.807, 2.05) is 38.1 Å². The fourth-order valence-corrected chi connectivity index (χ4v) is 1.88. The van der Waals surface area contributed by atoms with Gasteiger partial charge in [0.2, 0.25) is 0 Å². The number of hydrogen-bond donors (Lipinski definition) is 1. The molecule has 0 saturated heterocycles. The predicted molar refractivity (Wildman–Crippen MR) is 70.4 cm³/mol. The molecule has 0 unspecified atom stereocenters. The number of carboxylic acid groups (broad SMARTS) is 1. The van der Waals surface area contributed by atoms with Crippen molar-refractivity contribution in [1.82, 2.24) is 20.2 Å². The van der Waals surface area contributed by atoms with Crippen molar-refractivity contribution in [2.24, 2.45) is 0 Å². The molecule has 1 aromatic heterocycles. The number of nitrogens with zero attached hydrogens (tertiary/aromatic N) is 4. The highest BCUT2D eigenvalue weighted by atomic mass is 16.5. The first-order chi connectivity index (χ1) is 9.56. The number of tetrazole rings is 1. The van der Waals surface area contributed by atoms with E-state index in [9.17, 15) is 4.79 Å². The maximum atomic E-state index is 11.0. The molecule has 0 radical (unpaired) electrons. The predicted octanol–water partition coefficient (Wildman–Crippen LogP) is 1.52. The third-order valence-electron chi connectivity index (χ3n) is 2.69. The molecular formula is C13H16N4O3. The summed E-state index contributed by atoms with van der Waals surface area (Å²) in [5.74, 6) is -0.164. The van der Waals surface area contributed by atoms with Crippen LogP contribution in [0.25, 0.3) is 0 Å². The number of benzene rings is 1. The van der Waals surface area contributed by atoms with Crippen LogP contribution in [0.3, 0.4) is 0 Å².